The van der Waals surface area contributed by atoms with Gasteiger partial charge in [0.2, 0.25) is 0 Å². The molecule has 0 radical (unpaired) electrons. The second-order valence-corrected chi connectivity index (χ2v) is 6.94. The summed E-state index contributed by atoms with van der Waals surface area (Å²) in [6, 6.07) is 21.4. The van der Waals surface area contributed by atoms with Gasteiger partial charge < -0.3 is 19.1 Å². The number of hydrogen-bond donors (Lipinski definition) is 0. The average Bonchev–Trinajstić information content (AvgIpc) is 3.07. The van der Waals surface area contributed by atoms with Crippen molar-refractivity contribution in [1.82, 2.24) is 4.90 Å². The van der Waals surface area contributed by atoms with E-state index in [9.17, 15) is 4.79 Å². The van der Waals surface area contributed by atoms with E-state index >= 15 is 0 Å². The van der Waals surface area contributed by atoms with Crippen molar-refractivity contribution >= 4 is 5.91 Å². The van der Waals surface area contributed by atoms with Gasteiger partial charge in [-0.2, -0.15) is 0 Å². The van der Waals surface area contributed by atoms with Crippen molar-refractivity contribution < 1.29 is 19.0 Å². The van der Waals surface area contributed by atoms with Crippen LogP contribution in [-0.4, -0.2) is 25.0 Å². The molecule has 1 aliphatic rings. The normalized spacial score (nSPS) is 12.6. The topological polar surface area (TPSA) is 48.0 Å². The number of amides is 1. The van der Waals surface area contributed by atoms with E-state index in [0.717, 1.165) is 22.4 Å². The number of carbonyl (C=O) groups is 1. The fraction of sp³-hybridized carbons (Fsp3) is 0.208. The highest BCUT2D eigenvalue weighted by Gasteiger charge is 2.29. The molecule has 0 saturated heterocycles. The molecular formula is C24H23NO4. The fourth-order valence-corrected chi connectivity index (χ4v) is 3.47. The molecule has 0 spiro atoms. The van der Waals surface area contributed by atoms with Crippen LogP contribution in [0.25, 0.3) is 0 Å². The predicted molar refractivity (Wildman–Crippen MR) is 110 cm³/mol. The summed E-state index contributed by atoms with van der Waals surface area (Å²) in [6.45, 7) is 1.51. The minimum atomic E-state index is 0.00281. The highest BCUT2D eigenvalue weighted by atomic mass is 16.5. The zero-order valence-electron chi connectivity index (χ0n) is 16.6. The Morgan fingerprint density at radius 3 is 2.31 bits per heavy atom. The van der Waals surface area contributed by atoms with Crippen LogP contribution in [0.3, 0.4) is 0 Å². The van der Waals surface area contributed by atoms with Gasteiger partial charge >= 0.3 is 0 Å². The van der Waals surface area contributed by atoms with Crippen LogP contribution in [0.15, 0.2) is 66.7 Å². The van der Waals surface area contributed by atoms with Crippen LogP contribution in [0, 0.1) is 0 Å². The number of methoxy groups -OCH3 is 2. The van der Waals surface area contributed by atoms with E-state index in [-0.39, 0.29) is 5.91 Å². The highest BCUT2D eigenvalue weighted by Crippen LogP contribution is 2.36. The molecule has 0 aromatic heterocycles. The van der Waals surface area contributed by atoms with E-state index in [1.807, 2.05) is 65.6 Å². The van der Waals surface area contributed by atoms with Crippen LogP contribution in [-0.2, 0) is 19.7 Å². The molecule has 5 nitrogen and oxygen atoms in total. The minimum absolute atomic E-state index is 0.00281. The van der Waals surface area contributed by atoms with Crippen molar-refractivity contribution in [2.45, 2.75) is 19.7 Å². The smallest absolute Gasteiger partial charge is 0.254 e. The van der Waals surface area contributed by atoms with Gasteiger partial charge in [-0.25, -0.2) is 0 Å². The number of benzene rings is 3. The maximum Gasteiger partial charge on any atom is 0.254 e. The number of hydrogen-bond acceptors (Lipinski definition) is 4. The zero-order valence-corrected chi connectivity index (χ0v) is 16.6. The highest BCUT2D eigenvalue weighted by molar-refractivity contribution is 5.99. The maximum absolute atomic E-state index is 13.0. The van der Waals surface area contributed by atoms with Crippen molar-refractivity contribution in [3.63, 3.8) is 0 Å². The average molecular weight is 389 g/mol. The Labute approximate surface area is 170 Å². The molecule has 148 valence electrons. The molecule has 29 heavy (non-hydrogen) atoms. The molecule has 0 bridgehead atoms. The second kappa shape index (κ2) is 8.27. The first-order chi connectivity index (χ1) is 14.2. The van der Waals surface area contributed by atoms with E-state index in [1.165, 1.54) is 0 Å². The number of fused-ring (bicyclic) bond motifs is 1. The Morgan fingerprint density at radius 1 is 0.862 bits per heavy atom. The van der Waals surface area contributed by atoms with E-state index in [4.69, 9.17) is 14.2 Å². The summed E-state index contributed by atoms with van der Waals surface area (Å²) in [5.41, 5.74) is 3.73. The molecule has 1 aliphatic heterocycles. The lowest BCUT2D eigenvalue weighted by atomic mass is 10.1. The Bertz CT molecular complexity index is 999. The van der Waals surface area contributed by atoms with Gasteiger partial charge in [0.25, 0.3) is 5.91 Å². The minimum Gasteiger partial charge on any atom is -0.497 e. The first kappa shape index (κ1) is 18.9. The number of nitrogens with zero attached hydrogens (tertiary/aromatic N) is 1. The summed E-state index contributed by atoms with van der Waals surface area (Å²) in [6.07, 6.45) is 0. The van der Waals surface area contributed by atoms with Crippen LogP contribution >= 0.6 is 0 Å². The molecule has 0 aliphatic carbocycles. The van der Waals surface area contributed by atoms with Crippen molar-refractivity contribution in [2.75, 3.05) is 14.2 Å². The molecule has 5 heteroatoms. The number of ether oxygens (including phenoxy) is 3. The molecule has 0 fully saturated rings. The van der Waals surface area contributed by atoms with Gasteiger partial charge in [-0.05, 0) is 41.0 Å². The van der Waals surface area contributed by atoms with Crippen LogP contribution in [0.5, 0.6) is 17.2 Å². The Morgan fingerprint density at radius 2 is 1.62 bits per heavy atom. The molecule has 1 amide bonds. The first-order valence-electron chi connectivity index (χ1n) is 9.48. The van der Waals surface area contributed by atoms with E-state index in [1.54, 1.807) is 20.3 Å². The van der Waals surface area contributed by atoms with Crippen LogP contribution in [0.4, 0.5) is 0 Å². The Balaban J connectivity index is 1.51. The van der Waals surface area contributed by atoms with E-state index < -0.39 is 0 Å². The Kier molecular flexibility index (Phi) is 5.38. The summed E-state index contributed by atoms with van der Waals surface area (Å²) < 4.78 is 16.7. The molecule has 0 atom stereocenters. The lowest BCUT2D eigenvalue weighted by molar-refractivity contribution is 0.0766. The Hall–Kier alpha value is -3.47. The lowest BCUT2D eigenvalue weighted by Gasteiger charge is -2.15. The summed E-state index contributed by atoms with van der Waals surface area (Å²) in [7, 11) is 3.25. The summed E-state index contributed by atoms with van der Waals surface area (Å²) in [5, 5.41) is 0. The molecule has 3 aromatic carbocycles. The third kappa shape index (κ3) is 4.04. The molecular weight excluding hydrogens is 366 g/mol. The van der Waals surface area contributed by atoms with Crippen LogP contribution in [0.1, 0.15) is 27.0 Å². The molecule has 1 heterocycles. The van der Waals surface area contributed by atoms with Gasteiger partial charge in [0, 0.05) is 18.7 Å². The van der Waals surface area contributed by atoms with Crippen molar-refractivity contribution in [3.8, 4) is 17.2 Å². The van der Waals surface area contributed by atoms with Gasteiger partial charge in [-0.1, -0.05) is 42.5 Å². The van der Waals surface area contributed by atoms with Crippen molar-refractivity contribution in [2.24, 2.45) is 0 Å². The summed E-state index contributed by atoms with van der Waals surface area (Å²) in [5.74, 6) is 2.02. The standard InChI is InChI=1S/C24H23NO4/c1-27-20-10-8-17(9-11-20)14-25-15-19-12-22(28-2)23(13-21(19)24(25)26)29-16-18-6-4-3-5-7-18/h3-13H,14-16H2,1-2H3. The van der Waals surface area contributed by atoms with Crippen LogP contribution < -0.4 is 14.2 Å². The molecule has 0 N–H and O–H groups in total. The fourth-order valence-electron chi connectivity index (χ4n) is 3.47. The maximum atomic E-state index is 13.0. The van der Waals surface area contributed by atoms with Gasteiger partial charge in [-0.3, -0.25) is 4.79 Å². The third-order valence-corrected chi connectivity index (χ3v) is 5.04. The van der Waals surface area contributed by atoms with Gasteiger partial charge in [0.15, 0.2) is 11.5 Å². The largest absolute Gasteiger partial charge is 0.497 e. The molecule has 4 rings (SSSR count). The second-order valence-electron chi connectivity index (χ2n) is 6.94. The third-order valence-electron chi connectivity index (χ3n) is 5.04. The predicted octanol–water partition coefficient (Wildman–Crippen LogP) is 4.44. The SMILES string of the molecule is COc1ccc(CN2Cc3cc(OC)c(OCc4ccccc4)cc3C2=O)cc1. The van der Waals surface area contributed by atoms with Gasteiger partial charge in [-0.15, -0.1) is 0 Å². The zero-order chi connectivity index (χ0) is 20.2. The molecule has 0 saturated carbocycles. The van der Waals surface area contributed by atoms with Crippen LogP contribution in [0.2, 0.25) is 0 Å². The van der Waals surface area contributed by atoms with Gasteiger partial charge in [0.1, 0.15) is 12.4 Å². The van der Waals surface area contributed by atoms with E-state index in [0.29, 0.717) is 36.8 Å². The summed E-state index contributed by atoms with van der Waals surface area (Å²) >= 11 is 0. The number of carbonyl (C=O) groups excluding carboxylic acids is 1. The molecule has 0 unspecified atom stereocenters. The number of rotatable bonds is 7. The van der Waals surface area contributed by atoms with E-state index in [2.05, 4.69) is 0 Å². The van der Waals surface area contributed by atoms with Gasteiger partial charge in [0.05, 0.1) is 14.2 Å². The first-order valence-corrected chi connectivity index (χ1v) is 9.48. The summed E-state index contributed by atoms with van der Waals surface area (Å²) in [4.78, 5) is 14.8. The van der Waals surface area contributed by atoms with Crippen molar-refractivity contribution in [1.29, 1.82) is 0 Å². The monoisotopic (exact) mass is 389 g/mol. The quantitative estimate of drug-likeness (QED) is 0.599. The molecule has 3 aromatic rings. The van der Waals surface area contributed by atoms with Crippen molar-refractivity contribution in [3.05, 3.63) is 89.0 Å². The lowest BCUT2D eigenvalue weighted by Crippen LogP contribution is -2.23.